The second-order valence-electron chi connectivity index (χ2n) is 4.44. The lowest BCUT2D eigenvalue weighted by Gasteiger charge is -2.05. The molecule has 5 nitrogen and oxygen atoms in total. The van der Waals surface area contributed by atoms with Crippen molar-refractivity contribution in [2.24, 2.45) is 5.73 Å². The minimum Gasteiger partial charge on any atom is -0.381 e. The topological polar surface area (TPSA) is 74.2 Å². The Hall–Kier alpha value is -1.43. The Balaban J connectivity index is 0.00000133. The van der Waals surface area contributed by atoms with E-state index < -0.39 is 0 Å². The van der Waals surface area contributed by atoms with Crippen LogP contribution in [0.4, 0.5) is 0 Å². The molecule has 19 heavy (non-hydrogen) atoms. The molecular formula is C13H16ClN3O2. The predicted molar refractivity (Wildman–Crippen MR) is 72.2 cm³/mol. The van der Waals surface area contributed by atoms with Crippen LogP contribution < -0.4 is 5.73 Å². The molecule has 2 aromatic rings. The van der Waals surface area contributed by atoms with Crippen molar-refractivity contribution in [1.82, 2.24) is 10.1 Å². The first-order chi connectivity index (χ1) is 8.84. The summed E-state index contributed by atoms with van der Waals surface area (Å²) in [5, 5.41) is 4.00. The van der Waals surface area contributed by atoms with Gasteiger partial charge in [-0.3, -0.25) is 0 Å². The summed E-state index contributed by atoms with van der Waals surface area (Å²) in [6.45, 7) is 1.43. The zero-order valence-electron chi connectivity index (χ0n) is 10.4. The monoisotopic (exact) mass is 281 g/mol. The van der Waals surface area contributed by atoms with Crippen molar-refractivity contribution in [1.29, 1.82) is 0 Å². The molecule has 1 aromatic heterocycles. The molecule has 6 heteroatoms. The molecule has 1 aliphatic rings. The van der Waals surface area contributed by atoms with E-state index in [0.717, 1.165) is 18.6 Å². The maximum Gasteiger partial charge on any atom is 0.248 e. The zero-order chi connectivity index (χ0) is 12.4. The maximum absolute atomic E-state index is 6.10. The number of benzene rings is 1. The van der Waals surface area contributed by atoms with Crippen LogP contribution in [0.3, 0.4) is 0 Å². The van der Waals surface area contributed by atoms with Gasteiger partial charge in [0.2, 0.25) is 5.89 Å². The van der Waals surface area contributed by atoms with E-state index in [2.05, 4.69) is 10.1 Å². The molecule has 0 bridgehead atoms. The van der Waals surface area contributed by atoms with Crippen LogP contribution in [-0.4, -0.2) is 23.4 Å². The molecule has 0 amide bonds. The number of hydrogen-bond acceptors (Lipinski definition) is 5. The van der Waals surface area contributed by atoms with Crippen LogP contribution in [0.15, 0.2) is 34.9 Å². The fourth-order valence-corrected chi connectivity index (χ4v) is 2.08. The SMILES string of the molecule is Cl.N[C@@H](c1ccccc1)c1nc(C2CCOC2)no1. The molecular weight excluding hydrogens is 266 g/mol. The van der Waals surface area contributed by atoms with Crippen molar-refractivity contribution < 1.29 is 9.26 Å². The molecule has 1 aromatic carbocycles. The fraction of sp³-hybridized carbons (Fsp3) is 0.385. The van der Waals surface area contributed by atoms with E-state index in [-0.39, 0.29) is 24.4 Å². The van der Waals surface area contributed by atoms with Crippen LogP contribution in [-0.2, 0) is 4.74 Å². The van der Waals surface area contributed by atoms with Gasteiger partial charge in [-0.15, -0.1) is 12.4 Å². The Morgan fingerprint density at radius 3 is 2.74 bits per heavy atom. The van der Waals surface area contributed by atoms with Gasteiger partial charge in [0.15, 0.2) is 5.82 Å². The highest BCUT2D eigenvalue weighted by molar-refractivity contribution is 5.85. The molecule has 2 atom stereocenters. The van der Waals surface area contributed by atoms with Crippen LogP contribution >= 0.6 is 12.4 Å². The van der Waals surface area contributed by atoms with Crippen LogP contribution in [0.25, 0.3) is 0 Å². The summed E-state index contributed by atoms with van der Waals surface area (Å²) in [7, 11) is 0. The number of aromatic nitrogens is 2. The smallest absolute Gasteiger partial charge is 0.248 e. The molecule has 1 fully saturated rings. The first-order valence-electron chi connectivity index (χ1n) is 6.06. The summed E-state index contributed by atoms with van der Waals surface area (Å²) in [5.41, 5.74) is 7.07. The fourth-order valence-electron chi connectivity index (χ4n) is 2.08. The summed E-state index contributed by atoms with van der Waals surface area (Å²) in [6, 6.07) is 9.37. The van der Waals surface area contributed by atoms with Gasteiger partial charge in [-0.05, 0) is 12.0 Å². The molecule has 1 aliphatic heterocycles. The minimum atomic E-state index is -0.366. The highest BCUT2D eigenvalue weighted by atomic mass is 35.5. The lowest BCUT2D eigenvalue weighted by Crippen LogP contribution is -2.12. The lowest BCUT2D eigenvalue weighted by atomic mass is 10.1. The Kier molecular flexibility index (Phi) is 4.52. The van der Waals surface area contributed by atoms with Crippen LogP contribution in [0.5, 0.6) is 0 Å². The third-order valence-corrected chi connectivity index (χ3v) is 3.18. The molecule has 0 spiro atoms. The number of rotatable bonds is 3. The Morgan fingerprint density at radius 2 is 2.05 bits per heavy atom. The summed E-state index contributed by atoms with van der Waals surface area (Å²) in [5.74, 6) is 1.41. The molecule has 0 aliphatic carbocycles. The van der Waals surface area contributed by atoms with E-state index in [1.165, 1.54) is 0 Å². The van der Waals surface area contributed by atoms with Gasteiger partial charge >= 0.3 is 0 Å². The third-order valence-electron chi connectivity index (χ3n) is 3.18. The van der Waals surface area contributed by atoms with Gasteiger partial charge in [-0.25, -0.2) is 0 Å². The van der Waals surface area contributed by atoms with Gasteiger partial charge < -0.3 is 15.0 Å². The molecule has 1 unspecified atom stereocenters. The van der Waals surface area contributed by atoms with Crippen LogP contribution in [0.1, 0.15) is 35.7 Å². The summed E-state index contributed by atoms with van der Waals surface area (Å²) in [4.78, 5) is 4.39. The standard InChI is InChI=1S/C13H15N3O2.ClH/c14-11(9-4-2-1-3-5-9)13-15-12(16-18-13)10-6-7-17-8-10;/h1-5,10-11H,6-8,14H2;1H/t10?,11-;/m0./s1. The summed E-state index contributed by atoms with van der Waals surface area (Å²) < 4.78 is 10.6. The van der Waals surface area contributed by atoms with Crippen LogP contribution in [0, 0.1) is 0 Å². The predicted octanol–water partition coefficient (Wildman–Crippen LogP) is 2.04. The minimum absolute atomic E-state index is 0. The van der Waals surface area contributed by atoms with Crippen molar-refractivity contribution in [3.63, 3.8) is 0 Å². The lowest BCUT2D eigenvalue weighted by molar-refractivity contribution is 0.192. The molecule has 1 saturated heterocycles. The number of halogens is 1. The Bertz CT molecular complexity index is 512. The highest BCUT2D eigenvalue weighted by Crippen LogP contribution is 2.25. The highest BCUT2D eigenvalue weighted by Gasteiger charge is 2.25. The van der Waals surface area contributed by atoms with Gasteiger partial charge in [-0.2, -0.15) is 4.98 Å². The van der Waals surface area contributed by atoms with Crippen molar-refractivity contribution in [3.05, 3.63) is 47.6 Å². The van der Waals surface area contributed by atoms with Gasteiger partial charge in [0.25, 0.3) is 0 Å². The largest absolute Gasteiger partial charge is 0.381 e. The van der Waals surface area contributed by atoms with E-state index in [1.807, 2.05) is 30.3 Å². The van der Waals surface area contributed by atoms with Gasteiger partial charge in [0, 0.05) is 12.5 Å². The Morgan fingerprint density at radius 1 is 1.26 bits per heavy atom. The first-order valence-corrected chi connectivity index (χ1v) is 6.06. The second-order valence-corrected chi connectivity index (χ2v) is 4.44. The van der Waals surface area contributed by atoms with Crippen molar-refractivity contribution in [2.75, 3.05) is 13.2 Å². The molecule has 0 radical (unpaired) electrons. The molecule has 0 saturated carbocycles. The normalized spacial score (nSPS) is 19.9. The second kappa shape index (κ2) is 6.14. The average Bonchev–Trinajstić information content (AvgIpc) is 3.09. The quantitative estimate of drug-likeness (QED) is 0.932. The number of ether oxygens (including phenoxy) is 1. The van der Waals surface area contributed by atoms with Crippen molar-refractivity contribution >= 4 is 12.4 Å². The average molecular weight is 282 g/mol. The molecule has 2 N–H and O–H groups in total. The third kappa shape index (κ3) is 2.94. The number of nitrogens with two attached hydrogens (primary N) is 1. The van der Waals surface area contributed by atoms with Gasteiger partial charge in [-0.1, -0.05) is 35.5 Å². The summed E-state index contributed by atoms with van der Waals surface area (Å²) >= 11 is 0. The van der Waals surface area contributed by atoms with Gasteiger partial charge in [0.1, 0.15) is 6.04 Å². The van der Waals surface area contributed by atoms with E-state index in [4.69, 9.17) is 15.0 Å². The number of nitrogens with zero attached hydrogens (tertiary/aromatic N) is 2. The zero-order valence-corrected chi connectivity index (χ0v) is 11.2. The molecule has 2 heterocycles. The molecule has 102 valence electrons. The van der Waals surface area contributed by atoms with E-state index in [1.54, 1.807) is 0 Å². The van der Waals surface area contributed by atoms with Gasteiger partial charge in [0.05, 0.1) is 6.61 Å². The first kappa shape index (κ1) is 14.0. The van der Waals surface area contributed by atoms with E-state index in [0.29, 0.717) is 18.3 Å². The van der Waals surface area contributed by atoms with Crippen molar-refractivity contribution in [3.8, 4) is 0 Å². The molecule has 3 rings (SSSR count). The van der Waals surface area contributed by atoms with E-state index >= 15 is 0 Å². The Labute approximate surface area is 117 Å². The summed E-state index contributed by atoms with van der Waals surface area (Å²) in [6.07, 6.45) is 0.944. The number of hydrogen-bond donors (Lipinski definition) is 1. The maximum atomic E-state index is 6.10. The van der Waals surface area contributed by atoms with Crippen LogP contribution in [0.2, 0.25) is 0 Å². The van der Waals surface area contributed by atoms with E-state index in [9.17, 15) is 0 Å². The van der Waals surface area contributed by atoms with Crippen molar-refractivity contribution in [2.45, 2.75) is 18.4 Å².